The van der Waals surface area contributed by atoms with E-state index < -0.39 is 16.1 Å². The second kappa shape index (κ2) is 7.44. The summed E-state index contributed by atoms with van der Waals surface area (Å²) < 4.78 is 37.8. The Morgan fingerprint density at radius 2 is 1.83 bits per heavy atom. The third-order valence-electron chi connectivity index (χ3n) is 4.61. The second-order valence-corrected chi connectivity index (χ2v) is 9.24. The zero-order valence-electron chi connectivity index (χ0n) is 15.6. The average Bonchev–Trinajstić information content (AvgIpc) is 2.67. The number of halogens is 2. The molecule has 0 saturated carbocycles. The van der Waals surface area contributed by atoms with Gasteiger partial charge >= 0.3 is 0 Å². The van der Waals surface area contributed by atoms with Crippen LogP contribution in [0, 0.1) is 0 Å². The fourth-order valence-electron chi connectivity index (χ4n) is 3.44. The van der Waals surface area contributed by atoms with Crippen LogP contribution >= 0.6 is 23.2 Å². The van der Waals surface area contributed by atoms with Gasteiger partial charge in [0.1, 0.15) is 17.6 Å². The van der Waals surface area contributed by atoms with Gasteiger partial charge in [-0.05, 0) is 47.5 Å². The third kappa shape index (κ3) is 3.88. The summed E-state index contributed by atoms with van der Waals surface area (Å²) in [6.45, 7) is 0. The van der Waals surface area contributed by atoms with E-state index in [4.69, 9.17) is 32.7 Å². The summed E-state index contributed by atoms with van der Waals surface area (Å²) in [4.78, 5) is 0. The number of methoxy groups -OCH3 is 1. The predicted octanol–water partition coefficient (Wildman–Crippen LogP) is 5.52. The molecule has 0 saturated heterocycles. The van der Waals surface area contributed by atoms with E-state index in [0.29, 0.717) is 27.2 Å². The zero-order chi connectivity index (χ0) is 20.8. The van der Waals surface area contributed by atoms with Gasteiger partial charge in [-0.1, -0.05) is 41.4 Å². The van der Waals surface area contributed by atoms with Gasteiger partial charge in [-0.25, -0.2) is 8.42 Å². The van der Waals surface area contributed by atoms with Crippen LogP contribution in [-0.2, 0) is 10.0 Å². The van der Waals surface area contributed by atoms with Crippen molar-refractivity contribution in [2.45, 2.75) is 6.10 Å². The van der Waals surface area contributed by atoms with Gasteiger partial charge in [0.15, 0.2) is 0 Å². The lowest BCUT2D eigenvalue weighted by atomic mass is 9.89. The molecule has 3 aromatic carbocycles. The van der Waals surface area contributed by atoms with E-state index in [9.17, 15) is 8.42 Å². The van der Waals surface area contributed by atoms with E-state index in [1.807, 2.05) is 30.3 Å². The van der Waals surface area contributed by atoms with Gasteiger partial charge < -0.3 is 9.47 Å². The molecule has 3 aromatic rings. The first-order chi connectivity index (χ1) is 13.8. The molecule has 1 atom stereocenters. The molecule has 1 aliphatic heterocycles. The molecule has 0 radical (unpaired) electrons. The fourth-order valence-corrected chi connectivity index (χ4v) is 4.30. The summed E-state index contributed by atoms with van der Waals surface area (Å²) in [5.74, 6) is 1.33. The molecule has 1 heterocycles. The molecular weight excluding hydrogens is 433 g/mol. The van der Waals surface area contributed by atoms with Crippen molar-refractivity contribution < 1.29 is 17.9 Å². The van der Waals surface area contributed by atoms with Crippen molar-refractivity contribution >= 4 is 38.9 Å². The van der Waals surface area contributed by atoms with Crippen molar-refractivity contribution in [3.8, 4) is 22.6 Å². The predicted molar refractivity (Wildman–Crippen MR) is 116 cm³/mol. The normalized spacial score (nSPS) is 15.1. The summed E-state index contributed by atoms with van der Waals surface area (Å²) >= 11 is 12.3. The van der Waals surface area contributed by atoms with Crippen molar-refractivity contribution in [2.24, 2.45) is 0 Å². The highest BCUT2D eigenvalue weighted by Gasteiger charge is 2.30. The Kier molecular flexibility index (Phi) is 5.11. The van der Waals surface area contributed by atoms with E-state index in [1.165, 1.54) is 0 Å². The number of ether oxygens (including phenoxy) is 2. The number of anilines is 1. The number of sulfonamides is 1. The Morgan fingerprint density at radius 3 is 2.52 bits per heavy atom. The minimum absolute atomic E-state index is 0.413. The van der Waals surface area contributed by atoms with Crippen molar-refractivity contribution in [3.63, 3.8) is 0 Å². The van der Waals surface area contributed by atoms with Crippen LogP contribution in [0.1, 0.15) is 17.2 Å². The molecule has 0 bridgehead atoms. The number of hydrogen-bond acceptors (Lipinski definition) is 4. The fraction of sp³-hybridized carbons (Fsp3) is 0.143. The summed E-state index contributed by atoms with van der Waals surface area (Å²) in [6.07, 6.45) is 0.609. The van der Waals surface area contributed by atoms with Crippen LogP contribution in [0.2, 0.25) is 10.0 Å². The molecule has 0 spiro atoms. The van der Waals surface area contributed by atoms with E-state index >= 15 is 0 Å². The van der Waals surface area contributed by atoms with E-state index in [-0.39, 0.29) is 0 Å². The van der Waals surface area contributed by atoms with Gasteiger partial charge in [0.05, 0.1) is 29.0 Å². The summed E-state index contributed by atoms with van der Waals surface area (Å²) in [5.41, 5.74) is 3.73. The molecule has 1 N–H and O–H groups in total. The molecule has 29 heavy (non-hydrogen) atoms. The first kappa shape index (κ1) is 19.9. The lowest BCUT2D eigenvalue weighted by Crippen LogP contribution is -2.17. The largest absolute Gasteiger partial charge is 0.496 e. The zero-order valence-corrected chi connectivity index (χ0v) is 17.9. The smallest absolute Gasteiger partial charge is 0.229 e. The standard InChI is InChI=1S/C21H17Cl2NO4S/c1-27-18-4-3-5-19-20(18)14-8-7-13(24-29(2,25)26)11-15(14)21(28-19)12-6-9-16(22)17(23)10-12/h3-11,21,24H,1-2H3. The molecule has 1 unspecified atom stereocenters. The molecule has 150 valence electrons. The van der Waals surface area contributed by atoms with Crippen LogP contribution in [0.3, 0.4) is 0 Å². The van der Waals surface area contributed by atoms with Gasteiger partial charge in [0.25, 0.3) is 0 Å². The molecule has 0 aliphatic carbocycles. The van der Waals surface area contributed by atoms with Crippen LogP contribution in [-0.4, -0.2) is 21.8 Å². The van der Waals surface area contributed by atoms with Crippen LogP contribution in [0.5, 0.6) is 11.5 Å². The summed E-state index contributed by atoms with van der Waals surface area (Å²) in [5, 5.41) is 0.859. The van der Waals surface area contributed by atoms with Gasteiger partial charge in [0.2, 0.25) is 10.0 Å². The first-order valence-electron chi connectivity index (χ1n) is 8.67. The van der Waals surface area contributed by atoms with Crippen LogP contribution < -0.4 is 14.2 Å². The molecule has 4 rings (SSSR count). The highest BCUT2D eigenvalue weighted by Crippen LogP contribution is 2.49. The molecule has 0 fully saturated rings. The van der Waals surface area contributed by atoms with Crippen molar-refractivity contribution in [2.75, 3.05) is 18.1 Å². The number of benzene rings is 3. The Bertz CT molecular complexity index is 1210. The molecule has 5 nitrogen and oxygen atoms in total. The minimum Gasteiger partial charge on any atom is -0.496 e. The van der Waals surface area contributed by atoms with Gasteiger partial charge in [-0.2, -0.15) is 0 Å². The monoisotopic (exact) mass is 449 g/mol. The number of nitrogens with one attached hydrogen (secondary N) is 1. The number of rotatable bonds is 4. The van der Waals surface area contributed by atoms with E-state index in [0.717, 1.165) is 28.5 Å². The Hall–Kier alpha value is -2.41. The molecular formula is C21H17Cl2NO4S. The van der Waals surface area contributed by atoms with Crippen LogP contribution in [0.15, 0.2) is 54.6 Å². The van der Waals surface area contributed by atoms with E-state index in [2.05, 4.69) is 4.72 Å². The van der Waals surface area contributed by atoms with Gasteiger partial charge in [-0.3, -0.25) is 4.72 Å². The average molecular weight is 450 g/mol. The Balaban J connectivity index is 1.93. The van der Waals surface area contributed by atoms with Crippen molar-refractivity contribution in [1.29, 1.82) is 0 Å². The summed E-state index contributed by atoms with van der Waals surface area (Å²) in [7, 11) is -1.83. The third-order valence-corrected chi connectivity index (χ3v) is 5.95. The number of hydrogen-bond donors (Lipinski definition) is 1. The highest BCUT2D eigenvalue weighted by atomic mass is 35.5. The lowest BCUT2D eigenvalue weighted by molar-refractivity contribution is 0.242. The maximum Gasteiger partial charge on any atom is 0.229 e. The SMILES string of the molecule is COc1cccc2c1-c1ccc(NS(C)(=O)=O)cc1C(c1ccc(Cl)c(Cl)c1)O2. The summed E-state index contributed by atoms with van der Waals surface area (Å²) in [6, 6.07) is 16.2. The maximum atomic E-state index is 11.7. The molecule has 0 aromatic heterocycles. The number of fused-ring (bicyclic) bond motifs is 3. The second-order valence-electron chi connectivity index (χ2n) is 6.68. The Labute approximate surface area is 179 Å². The van der Waals surface area contributed by atoms with Crippen molar-refractivity contribution in [3.05, 3.63) is 75.8 Å². The molecule has 1 aliphatic rings. The molecule has 0 amide bonds. The minimum atomic E-state index is -3.43. The maximum absolute atomic E-state index is 11.7. The van der Waals surface area contributed by atoms with Crippen LogP contribution in [0.4, 0.5) is 5.69 Å². The van der Waals surface area contributed by atoms with Crippen molar-refractivity contribution in [1.82, 2.24) is 0 Å². The highest BCUT2D eigenvalue weighted by molar-refractivity contribution is 7.92. The van der Waals surface area contributed by atoms with Gasteiger partial charge in [0, 0.05) is 11.3 Å². The lowest BCUT2D eigenvalue weighted by Gasteiger charge is -2.30. The molecule has 8 heteroatoms. The first-order valence-corrected chi connectivity index (χ1v) is 11.3. The van der Waals surface area contributed by atoms with Crippen LogP contribution in [0.25, 0.3) is 11.1 Å². The van der Waals surface area contributed by atoms with Gasteiger partial charge in [-0.15, -0.1) is 0 Å². The quantitative estimate of drug-likeness (QED) is 0.569. The topological polar surface area (TPSA) is 64.6 Å². The Morgan fingerprint density at radius 1 is 1.03 bits per heavy atom. The van der Waals surface area contributed by atoms with E-state index in [1.54, 1.807) is 31.4 Å².